The van der Waals surface area contributed by atoms with Gasteiger partial charge in [0.15, 0.2) is 5.69 Å². The van der Waals surface area contributed by atoms with Gasteiger partial charge in [-0.15, -0.1) is 0 Å². The van der Waals surface area contributed by atoms with E-state index >= 15 is 0 Å². The largest absolute Gasteiger partial charge is 0.347 e. The molecule has 6 heteroatoms. The molecule has 0 saturated heterocycles. The first-order chi connectivity index (χ1) is 11.1. The topological polar surface area (TPSA) is 72.9 Å². The van der Waals surface area contributed by atoms with E-state index < -0.39 is 0 Å². The third-order valence-electron chi connectivity index (χ3n) is 4.20. The average molecular weight is 377 g/mol. The van der Waals surface area contributed by atoms with Gasteiger partial charge < -0.3 is 11.1 Å². The Bertz CT molecular complexity index is 708. The van der Waals surface area contributed by atoms with Gasteiger partial charge in [-0.05, 0) is 56.9 Å². The van der Waals surface area contributed by atoms with Crippen molar-refractivity contribution in [2.45, 2.75) is 38.6 Å². The van der Waals surface area contributed by atoms with Gasteiger partial charge in [-0.3, -0.25) is 4.79 Å². The minimum atomic E-state index is -0.128. The molecule has 0 unspecified atom stereocenters. The molecule has 1 aromatic heterocycles. The van der Waals surface area contributed by atoms with Gasteiger partial charge in [-0.2, -0.15) is 5.10 Å². The fourth-order valence-electron chi connectivity index (χ4n) is 2.93. The molecule has 2 aromatic rings. The smallest absolute Gasteiger partial charge is 0.272 e. The molecule has 1 heterocycles. The molecule has 5 nitrogen and oxygen atoms in total. The molecule has 3 N–H and O–H groups in total. The highest BCUT2D eigenvalue weighted by Crippen LogP contribution is 2.27. The number of benzene rings is 1. The van der Waals surface area contributed by atoms with E-state index in [9.17, 15) is 4.79 Å². The normalized spacial score (nSPS) is 15.1. The number of halogens is 1. The van der Waals surface area contributed by atoms with Crippen LogP contribution in [0.4, 0.5) is 0 Å². The van der Waals surface area contributed by atoms with Crippen LogP contribution in [0.25, 0.3) is 5.69 Å². The second kappa shape index (κ2) is 6.84. The van der Waals surface area contributed by atoms with Gasteiger partial charge in [0.1, 0.15) is 0 Å². The lowest BCUT2D eigenvalue weighted by Crippen LogP contribution is -2.38. The molecule has 23 heavy (non-hydrogen) atoms. The number of hydrogen-bond acceptors (Lipinski definition) is 3. The van der Waals surface area contributed by atoms with E-state index in [2.05, 4.69) is 26.3 Å². The van der Waals surface area contributed by atoms with Crippen molar-refractivity contribution < 1.29 is 4.79 Å². The summed E-state index contributed by atoms with van der Waals surface area (Å²) in [6.45, 7) is 2.32. The first-order valence-electron chi connectivity index (χ1n) is 7.97. The van der Waals surface area contributed by atoms with E-state index in [1.807, 2.05) is 35.9 Å². The summed E-state index contributed by atoms with van der Waals surface area (Å²) in [5.41, 5.74) is 9.37. The molecule has 1 aliphatic rings. The Balaban J connectivity index is 2.01. The lowest BCUT2D eigenvalue weighted by molar-refractivity contribution is 0.0935. The Labute approximate surface area is 144 Å². The molecule has 1 aliphatic carbocycles. The van der Waals surface area contributed by atoms with Gasteiger partial charge in [0.25, 0.3) is 5.91 Å². The fourth-order valence-corrected chi connectivity index (χ4v) is 3.19. The van der Waals surface area contributed by atoms with Crippen LogP contribution in [0.5, 0.6) is 0 Å². The third-order valence-corrected chi connectivity index (χ3v) is 4.73. The summed E-state index contributed by atoms with van der Waals surface area (Å²) in [6.07, 6.45) is 4.10. The van der Waals surface area contributed by atoms with Crippen molar-refractivity contribution in [2.24, 2.45) is 5.73 Å². The number of nitrogens with zero attached hydrogens (tertiary/aromatic N) is 2. The summed E-state index contributed by atoms with van der Waals surface area (Å²) in [5.74, 6) is -0.128. The summed E-state index contributed by atoms with van der Waals surface area (Å²) in [5, 5.41) is 7.55. The molecule has 0 radical (unpaired) electrons. The Morgan fingerprint density at radius 3 is 2.74 bits per heavy atom. The van der Waals surface area contributed by atoms with E-state index in [4.69, 9.17) is 5.73 Å². The highest BCUT2D eigenvalue weighted by atomic mass is 79.9. The van der Waals surface area contributed by atoms with Crippen molar-refractivity contribution >= 4 is 21.8 Å². The van der Waals surface area contributed by atoms with Gasteiger partial charge in [0, 0.05) is 28.3 Å². The van der Waals surface area contributed by atoms with Crippen LogP contribution in [0.3, 0.4) is 0 Å². The molecule has 1 atom stereocenters. The van der Waals surface area contributed by atoms with Crippen LogP contribution in [0.2, 0.25) is 0 Å². The van der Waals surface area contributed by atoms with E-state index in [1.54, 1.807) is 0 Å². The van der Waals surface area contributed by atoms with Crippen molar-refractivity contribution in [1.29, 1.82) is 0 Å². The van der Waals surface area contributed by atoms with Gasteiger partial charge in [-0.25, -0.2) is 4.68 Å². The Morgan fingerprint density at radius 1 is 1.35 bits per heavy atom. The first-order valence-corrected chi connectivity index (χ1v) is 8.77. The number of hydrogen-bond donors (Lipinski definition) is 2. The zero-order chi connectivity index (χ0) is 16.4. The maximum Gasteiger partial charge on any atom is 0.272 e. The molecule has 122 valence electrons. The molecule has 0 bridgehead atoms. The summed E-state index contributed by atoms with van der Waals surface area (Å²) < 4.78 is 2.94. The molecular weight excluding hydrogens is 356 g/mol. The van der Waals surface area contributed by atoms with Crippen LogP contribution in [-0.4, -0.2) is 28.3 Å². The molecule has 0 fully saturated rings. The zero-order valence-electron chi connectivity index (χ0n) is 13.2. The molecule has 1 aromatic carbocycles. The minimum absolute atomic E-state index is 0.0560. The number of aromatic nitrogens is 2. The lowest BCUT2D eigenvalue weighted by atomic mass is 9.95. The van der Waals surface area contributed by atoms with Crippen molar-refractivity contribution in [1.82, 2.24) is 15.1 Å². The zero-order valence-corrected chi connectivity index (χ0v) is 14.8. The number of amides is 1. The second-order valence-corrected chi connectivity index (χ2v) is 6.90. The van der Waals surface area contributed by atoms with Gasteiger partial charge >= 0.3 is 0 Å². The van der Waals surface area contributed by atoms with E-state index in [-0.39, 0.29) is 11.9 Å². The first kappa shape index (κ1) is 16.2. The predicted octanol–water partition coefficient (Wildman–Crippen LogP) is 2.59. The molecule has 3 rings (SSSR count). The van der Waals surface area contributed by atoms with Crippen molar-refractivity contribution in [3.63, 3.8) is 0 Å². The van der Waals surface area contributed by atoms with Crippen molar-refractivity contribution in [3.8, 4) is 5.69 Å². The van der Waals surface area contributed by atoms with Gasteiger partial charge in [0.2, 0.25) is 0 Å². The molecule has 0 saturated carbocycles. The third kappa shape index (κ3) is 3.33. The fraction of sp³-hybridized carbons (Fsp3) is 0.412. The molecule has 0 aliphatic heterocycles. The number of fused-ring (bicyclic) bond motifs is 1. The monoisotopic (exact) mass is 376 g/mol. The Hall–Kier alpha value is -1.66. The number of rotatable bonds is 4. The van der Waals surface area contributed by atoms with E-state index in [0.717, 1.165) is 47.1 Å². The molecule has 1 amide bonds. The van der Waals surface area contributed by atoms with Crippen LogP contribution in [0, 0.1) is 0 Å². The Kier molecular flexibility index (Phi) is 4.82. The maximum atomic E-state index is 12.5. The minimum Gasteiger partial charge on any atom is -0.347 e. The molecule has 0 spiro atoms. The number of nitrogens with two attached hydrogens (primary N) is 1. The number of carbonyl (C=O) groups excluding carboxylic acids is 1. The van der Waals surface area contributed by atoms with Crippen LogP contribution >= 0.6 is 15.9 Å². The van der Waals surface area contributed by atoms with Crippen LogP contribution < -0.4 is 11.1 Å². The summed E-state index contributed by atoms with van der Waals surface area (Å²) in [7, 11) is 0. The van der Waals surface area contributed by atoms with E-state index in [0.29, 0.717) is 12.2 Å². The van der Waals surface area contributed by atoms with E-state index in [1.165, 1.54) is 0 Å². The van der Waals surface area contributed by atoms with Crippen LogP contribution in [-0.2, 0) is 12.8 Å². The van der Waals surface area contributed by atoms with Crippen molar-refractivity contribution in [2.75, 3.05) is 6.54 Å². The number of carbonyl (C=O) groups is 1. The van der Waals surface area contributed by atoms with Crippen molar-refractivity contribution in [3.05, 3.63) is 45.7 Å². The second-order valence-electron chi connectivity index (χ2n) is 5.98. The summed E-state index contributed by atoms with van der Waals surface area (Å²) in [6, 6.07) is 7.94. The maximum absolute atomic E-state index is 12.5. The summed E-state index contributed by atoms with van der Waals surface area (Å²) in [4.78, 5) is 12.5. The lowest BCUT2D eigenvalue weighted by Gasteiger charge is -2.15. The highest BCUT2D eigenvalue weighted by Gasteiger charge is 2.26. The standard InChI is InChI=1S/C17H21BrN4O/c1-11(10-19)20-17(23)16-14-4-2-3-5-15(14)22(21-16)13-8-6-12(18)7-9-13/h6-9,11H,2-5,10,19H2,1H3,(H,20,23)/t11-/m0/s1. The quantitative estimate of drug-likeness (QED) is 0.860. The number of nitrogens with one attached hydrogen (secondary N) is 1. The van der Waals surface area contributed by atoms with Crippen LogP contribution in [0.15, 0.2) is 28.7 Å². The van der Waals surface area contributed by atoms with Gasteiger partial charge in [0.05, 0.1) is 5.69 Å². The van der Waals surface area contributed by atoms with Gasteiger partial charge in [-0.1, -0.05) is 15.9 Å². The Morgan fingerprint density at radius 2 is 2.04 bits per heavy atom. The summed E-state index contributed by atoms with van der Waals surface area (Å²) >= 11 is 3.45. The molecular formula is C17H21BrN4O. The highest BCUT2D eigenvalue weighted by molar-refractivity contribution is 9.10. The average Bonchev–Trinajstić information content (AvgIpc) is 2.95. The van der Waals surface area contributed by atoms with Crippen LogP contribution in [0.1, 0.15) is 41.5 Å². The SMILES string of the molecule is C[C@@H](CN)NC(=O)c1nn(-c2ccc(Br)cc2)c2c1CCCC2. The predicted molar refractivity (Wildman–Crippen MR) is 93.9 cm³/mol.